The number of rotatable bonds is 11. The van der Waals surface area contributed by atoms with Crippen molar-refractivity contribution in [2.24, 2.45) is 0 Å². The van der Waals surface area contributed by atoms with E-state index in [4.69, 9.17) is 0 Å². The molecule has 31 heavy (non-hydrogen) atoms. The molecule has 1 unspecified atom stereocenters. The van der Waals surface area contributed by atoms with E-state index in [1.807, 2.05) is 11.8 Å². The summed E-state index contributed by atoms with van der Waals surface area (Å²) >= 11 is 1.98. The molecular formula is C30H40S. The van der Waals surface area contributed by atoms with Crippen molar-refractivity contribution >= 4 is 17.8 Å². The summed E-state index contributed by atoms with van der Waals surface area (Å²) < 4.78 is 0. The van der Waals surface area contributed by atoms with Gasteiger partial charge in [0.2, 0.25) is 0 Å². The Morgan fingerprint density at radius 3 is 2.13 bits per heavy atom. The van der Waals surface area contributed by atoms with Crippen LogP contribution in [0.2, 0.25) is 0 Å². The van der Waals surface area contributed by atoms with Crippen molar-refractivity contribution in [2.45, 2.75) is 95.6 Å². The number of fused-ring (bicyclic) bond motifs is 4. The third-order valence-electron chi connectivity index (χ3n) is 7.70. The molecule has 0 amide bonds. The predicted molar refractivity (Wildman–Crippen MR) is 140 cm³/mol. The molecule has 0 spiro atoms. The Morgan fingerprint density at radius 1 is 0.806 bits per heavy atom. The first-order valence-electron chi connectivity index (χ1n) is 12.7. The minimum atomic E-state index is 0.210. The minimum Gasteiger partial charge on any atom is -0.153 e. The normalized spacial score (nSPS) is 17.9. The van der Waals surface area contributed by atoms with Gasteiger partial charge in [-0.2, -0.15) is 11.8 Å². The monoisotopic (exact) mass is 432 g/mol. The smallest absolute Gasteiger partial charge is 0.0510 e. The number of hydrogen-bond acceptors (Lipinski definition) is 1. The first kappa shape index (κ1) is 22.7. The molecule has 0 aliphatic heterocycles. The highest BCUT2D eigenvalue weighted by atomic mass is 32.2. The van der Waals surface area contributed by atoms with Crippen molar-refractivity contribution in [1.29, 1.82) is 0 Å². The number of unbranched alkanes of at least 4 members (excludes halogenated alkanes) is 6. The minimum absolute atomic E-state index is 0.210. The summed E-state index contributed by atoms with van der Waals surface area (Å²) in [5.74, 6) is 0. The van der Waals surface area contributed by atoms with Gasteiger partial charge in [0.15, 0.2) is 0 Å². The Bertz CT molecular complexity index is 923. The Kier molecular flexibility index (Phi) is 7.32. The van der Waals surface area contributed by atoms with Crippen LogP contribution in [0, 0.1) is 0 Å². The lowest BCUT2D eigenvalue weighted by molar-refractivity contribution is 0.401. The third kappa shape index (κ3) is 4.15. The van der Waals surface area contributed by atoms with Crippen molar-refractivity contribution in [1.82, 2.24) is 0 Å². The largest absolute Gasteiger partial charge is 0.153 e. The first-order chi connectivity index (χ1) is 15.2. The topological polar surface area (TPSA) is 0 Å². The molecule has 0 fully saturated rings. The van der Waals surface area contributed by atoms with Crippen LogP contribution in [0.25, 0.3) is 17.2 Å². The maximum Gasteiger partial charge on any atom is 0.0510 e. The molecule has 4 rings (SSSR count). The van der Waals surface area contributed by atoms with E-state index in [-0.39, 0.29) is 5.41 Å². The van der Waals surface area contributed by atoms with Crippen LogP contribution in [0.3, 0.4) is 0 Å². The van der Waals surface area contributed by atoms with E-state index in [0.29, 0.717) is 5.25 Å². The van der Waals surface area contributed by atoms with Gasteiger partial charge in [-0.1, -0.05) is 101 Å². The molecule has 0 aromatic heterocycles. The molecule has 0 heterocycles. The summed E-state index contributed by atoms with van der Waals surface area (Å²) in [5, 5.41) is 0.525. The van der Waals surface area contributed by atoms with Crippen LogP contribution in [0.15, 0.2) is 42.0 Å². The van der Waals surface area contributed by atoms with Crippen LogP contribution >= 0.6 is 11.8 Å². The molecule has 1 atom stereocenters. The van der Waals surface area contributed by atoms with E-state index in [9.17, 15) is 0 Å². The standard InChI is InChI=1S/C30H40S/c1-5-7-9-13-17-30(18-14-10-8-6-2)27-16-12-11-15-24(27)26-21-25-23(20-28(26)30)19-22(3)29(25)31-4/h11-12,15-16,19-21,29H,5-10,13-14,17-18H2,1-4H3. The zero-order chi connectivity index (χ0) is 21.8. The zero-order valence-electron chi connectivity index (χ0n) is 20.1. The number of thioether (sulfide) groups is 1. The van der Waals surface area contributed by atoms with Gasteiger partial charge in [-0.15, -0.1) is 0 Å². The summed E-state index contributed by atoms with van der Waals surface area (Å²) in [6.07, 6.45) is 18.1. The van der Waals surface area contributed by atoms with Gasteiger partial charge in [0.25, 0.3) is 0 Å². The van der Waals surface area contributed by atoms with Gasteiger partial charge in [-0.25, -0.2) is 0 Å². The number of hydrogen-bond donors (Lipinski definition) is 0. The highest BCUT2D eigenvalue weighted by molar-refractivity contribution is 7.99. The van der Waals surface area contributed by atoms with Gasteiger partial charge in [-0.05, 0) is 71.5 Å². The lowest BCUT2D eigenvalue weighted by Crippen LogP contribution is -2.25. The molecule has 0 saturated heterocycles. The maximum absolute atomic E-state index is 2.60. The summed E-state index contributed by atoms with van der Waals surface area (Å²) in [7, 11) is 0. The van der Waals surface area contributed by atoms with Gasteiger partial charge in [0.1, 0.15) is 0 Å². The van der Waals surface area contributed by atoms with Gasteiger partial charge in [0, 0.05) is 5.41 Å². The van der Waals surface area contributed by atoms with Gasteiger partial charge in [0.05, 0.1) is 5.25 Å². The Hall–Kier alpha value is -1.47. The predicted octanol–water partition coefficient (Wildman–Crippen LogP) is 9.71. The molecule has 0 saturated carbocycles. The first-order valence-corrected chi connectivity index (χ1v) is 13.9. The van der Waals surface area contributed by atoms with Gasteiger partial charge < -0.3 is 0 Å². The average Bonchev–Trinajstić information content (AvgIpc) is 3.24. The van der Waals surface area contributed by atoms with Crippen LogP contribution in [-0.4, -0.2) is 6.26 Å². The second-order valence-electron chi connectivity index (χ2n) is 9.78. The van der Waals surface area contributed by atoms with Crippen molar-refractivity contribution in [3.63, 3.8) is 0 Å². The maximum atomic E-state index is 2.60. The van der Waals surface area contributed by atoms with E-state index in [1.165, 1.54) is 92.0 Å². The molecule has 0 nitrogen and oxygen atoms in total. The molecule has 2 aromatic rings. The molecule has 2 aliphatic rings. The van der Waals surface area contributed by atoms with E-state index in [2.05, 4.69) is 69.5 Å². The molecule has 166 valence electrons. The Balaban J connectivity index is 1.80. The molecule has 1 heteroatoms. The highest BCUT2D eigenvalue weighted by Crippen LogP contribution is 2.56. The molecule has 0 bridgehead atoms. The third-order valence-corrected chi connectivity index (χ3v) is 8.80. The van der Waals surface area contributed by atoms with Crippen molar-refractivity contribution < 1.29 is 0 Å². The molecule has 2 aromatic carbocycles. The lowest BCUT2D eigenvalue weighted by Gasteiger charge is -2.33. The summed E-state index contributed by atoms with van der Waals surface area (Å²) in [6.45, 7) is 6.95. The second-order valence-corrected chi connectivity index (χ2v) is 10.7. The zero-order valence-corrected chi connectivity index (χ0v) is 20.9. The fourth-order valence-electron chi connectivity index (χ4n) is 6.13. The van der Waals surface area contributed by atoms with E-state index in [1.54, 1.807) is 11.1 Å². The fraction of sp³-hybridized carbons (Fsp3) is 0.533. The van der Waals surface area contributed by atoms with E-state index >= 15 is 0 Å². The van der Waals surface area contributed by atoms with Gasteiger partial charge >= 0.3 is 0 Å². The molecule has 2 aliphatic carbocycles. The average molecular weight is 433 g/mol. The number of benzene rings is 2. The quantitative estimate of drug-likeness (QED) is 0.318. The van der Waals surface area contributed by atoms with Gasteiger partial charge in [-0.3, -0.25) is 0 Å². The summed E-state index contributed by atoms with van der Waals surface area (Å²) in [6, 6.07) is 14.5. The van der Waals surface area contributed by atoms with Crippen molar-refractivity contribution in [3.8, 4) is 11.1 Å². The Morgan fingerprint density at radius 2 is 1.48 bits per heavy atom. The van der Waals surface area contributed by atoms with Crippen LogP contribution in [-0.2, 0) is 5.41 Å². The van der Waals surface area contributed by atoms with Crippen LogP contribution in [0.5, 0.6) is 0 Å². The summed E-state index contributed by atoms with van der Waals surface area (Å²) in [5.41, 5.74) is 11.0. The lowest BCUT2D eigenvalue weighted by atomic mass is 9.70. The second kappa shape index (κ2) is 9.99. The van der Waals surface area contributed by atoms with E-state index in [0.717, 1.165) is 0 Å². The van der Waals surface area contributed by atoms with Crippen LogP contribution in [0.1, 0.15) is 112 Å². The van der Waals surface area contributed by atoms with Crippen molar-refractivity contribution in [2.75, 3.05) is 6.26 Å². The van der Waals surface area contributed by atoms with Crippen LogP contribution in [0.4, 0.5) is 0 Å². The SMILES string of the molecule is CCCCCCC1(CCCCCC)c2ccccc2-c2cc3c(cc21)C=C(C)C3SC. The Labute approximate surface area is 194 Å². The van der Waals surface area contributed by atoms with E-state index < -0.39 is 0 Å². The molecule has 0 radical (unpaired) electrons. The van der Waals surface area contributed by atoms with Crippen molar-refractivity contribution in [3.05, 3.63) is 64.2 Å². The fourth-order valence-corrected chi connectivity index (χ4v) is 7.03. The molecule has 0 N–H and O–H groups in total. The van der Waals surface area contributed by atoms with Crippen LogP contribution < -0.4 is 0 Å². The summed E-state index contributed by atoms with van der Waals surface area (Å²) in [4.78, 5) is 0. The highest BCUT2D eigenvalue weighted by Gasteiger charge is 2.43. The molecular weight excluding hydrogens is 392 g/mol.